The van der Waals surface area contributed by atoms with E-state index in [0.29, 0.717) is 29.7 Å². The summed E-state index contributed by atoms with van der Waals surface area (Å²) in [6.45, 7) is 4.54. The number of ether oxygens (including phenoxy) is 3. The molecule has 0 aromatic rings. The zero-order valence-electron chi connectivity index (χ0n) is 36.3. The molecule has 0 saturated carbocycles. The maximum absolute atomic E-state index is 12.7. The molecule has 0 spiro atoms. The van der Waals surface area contributed by atoms with Gasteiger partial charge in [-0.2, -0.15) is 0 Å². The van der Waals surface area contributed by atoms with Crippen molar-refractivity contribution in [3.05, 3.63) is 60.9 Å². The van der Waals surface area contributed by atoms with Crippen LogP contribution in [0.4, 0.5) is 0 Å². The molecule has 10 heteroatoms. The summed E-state index contributed by atoms with van der Waals surface area (Å²) in [6.07, 6.45) is 46.5. The number of hydrogen-bond acceptors (Lipinski definition) is 8. The molecular formula is C46H82NO8P. The molecule has 1 saturated heterocycles. The third-order valence-electron chi connectivity index (χ3n) is 9.55. The first kappa shape index (κ1) is 52.0. The number of nitrogens with zero attached hydrogens (tertiary/aromatic N) is 1. The van der Waals surface area contributed by atoms with Gasteiger partial charge in [-0.3, -0.25) is 9.36 Å². The van der Waals surface area contributed by atoms with Crippen molar-refractivity contribution in [2.45, 2.75) is 180 Å². The van der Waals surface area contributed by atoms with E-state index in [4.69, 9.17) is 23.3 Å². The molecule has 9 nitrogen and oxygen atoms in total. The van der Waals surface area contributed by atoms with Gasteiger partial charge in [0.25, 0.3) is 7.82 Å². The highest BCUT2D eigenvalue weighted by Gasteiger charge is 2.36. The van der Waals surface area contributed by atoms with Crippen molar-refractivity contribution in [2.75, 3.05) is 47.5 Å². The fourth-order valence-electron chi connectivity index (χ4n) is 6.00. The molecule has 0 aromatic heterocycles. The second kappa shape index (κ2) is 35.0. The largest absolute Gasteiger partial charge is 0.756 e. The lowest BCUT2D eigenvalue weighted by Crippen LogP contribution is -2.37. The van der Waals surface area contributed by atoms with E-state index in [0.717, 1.165) is 51.4 Å². The van der Waals surface area contributed by atoms with Crippen molar-refractivity contribution in [3.8, 4) is 0 Å². The number of phosphoric ester groups is 1. The van der Waals surface area contributed by atoms with Crippen molar-refractivity contribution in [1.29, 1.82) is 0 Å². The molecule has 1 aliphatic heterocycles. The molecule has 0 aliphatic carbocycles. The Morgan fingerprint density at radius 3 is 1.79 bits per heavy atom. The van der Waals surface area contributed by atoms with Gasteiger partial charge < -0.3 is 32.6 Å². The Labute approximate surface area is 343 Å². The molecule has 0 radical (unpaired) electrons. The normalized spacial score (nSPS) is 17.9. The van der Waals surface area contributed by atoms with Crippen LogP contribution in [-0.2, 0) is 32.6 Å². The fourth-order valence-corrected chi connectivity index (χ4v) is 6.73. The Kier molecular flexibility index (Phi) is 32.5. The summed E-state index contributed by atoms with van der Waals surface area (Å²) < 4.78 is 40.0. The minimum atomic E-state index is -4.56. The molecule has 0 N–H and O–H groups in total. The van der Waals surface area contributed by atoms with E-state index in [1.807, 2.05) is 27.2 Å². The van der Waals surface area contributed by atoms with E-state index >= 15 is 0 Å². The Morgan fingerprint density at radius 1 is 0.679 bits per heavy atom. The van der Waals surface area contributed by atoms with Gasteiger partial charge in [0.2, 0.25) is 0 Å². The van der Waals surface area contributed by atoms with Gasteiger partial charge in [-0.05, 0) is 63.9 Å². The number of likely N-dealkylation sites (N-methyl/N-ethyl adjacent to an activating group) is 1. The summed E-state index contributed by atoms with van der Waals surface area (Å²) in [7, 11) is 1.27. The molecule has 0 aromatic carbocycles. The van der Waals surface area contributed by atoms with Crippen molar-refractivity contribution in [2.24, 2.45) is 0 Å². The standard InChI is InChI=1S/C46H82NO8P/c1-6-8-10-12-14-15-16-17-18-19-20-21-22-26-30-34-39-51-41-43(42-53-56(49,50)52-40-38-47(3,4)5)54-46(48)37-33-29-25-23-24-28-32-36-45-44(55-45)35-31-27-13-11-9-7-2/h9,11,23,25,27-28,31-32,34,39,43-45H,6-8,10,12-22,24,26,29-30,33,35-38,40-42H2,1-5H3/b11-9-,25-23-,31-27-,32-28-,39-34-. The highest BCUT2D eigenvalue weighted by atomic mass is 31.2. The number of hydrogen-bond donors (Lipinski definition) is 0. The Hall–Kier alpha value is -2.00. The summed E-state index contributed by atoms with van der Waals surface area (Å²) >= 11 is 0. The molecule has 1 aliphatic rings. The number of epoxide rings is 1. The summed E-state index contributed by atoms with van der Waals surface area (Å²) in [4.78, 5) is 25.0. The first-order valence-electron chi connectivity index (χ1n) is 22.2. The van der Waals surface area contributed by atoms with Gasteiger partial charge in [-0.15, -0.1) is 0 Å². The third kappa shape index (κ3) is 35.2. The second-order valence-electron chi connectivity index (χ2n) is 16.1. The molecule has 4 atom stereocenters. The van der Waals surface area contributed by atoms with Gasteiger partial charge in [0, 0.05) is 6.42 Å². The van der Waals surface area contributed by atoms with Crippen LogP contribution in [0.5, 0.6) is 0 Å². The highest BCUT2D eigenvalue weighted by Crippen LogP contribution is 2.38. The molecule has 0 amide bonds. The van der Waals surface area contributed by atoms with Crippen molar-refractivity contribution < 1.29 is 42.0 Å². The summed E-state index contributed by atoms with van der Waals surface area (Å²) in [5.74, 6) is -0.417. The highest BCUT2D eigenvalue weighted by molar-refractivity contribution is 7.45. The quantitative estimate of drug-likeness (QED) is 0.0115. The fraction of sp³-hybridized carbons (Fsp3) is 0.761. The average molecular weight is 808 g/mol. The number of esters is 1. The lowest BCUT2D eigenvalue weighted by atomic mass is 10.0. The molecule has 4 unspecified atom stereocenters. The second-order valence-corrected chi connectivity index (χ2v) is 17.5. The van der Waals surface area contributed by atoms with Crippen molar-refractivity contribution >= 4 is 13.8 Å². The van der Waals surface area contributed by atoms with E-state index < -0.39 is 19.9 Å². The molecule has 1 rings (SSSR count). The van der Waals surface area contributed by atoms with Gasteiger partial charge in [0.05, 0.1) is 46.2 Å². The number of phosphoric acid groups is 1. The van der Waals surface area contributed by atoms with Crippen LogP contribution in [-0.4, -0.2) is 76.3 Å². The molecule has 1 fully saturated rings. The first-order chi connectivity index (χ1) is 27.1. The predicted molar refractivity (Wildman–Crippen MR) is 230 cm³/mol. The molecule has 324 valence electrons. The Morgan fingerprint density at radius 2 is 1.21 bits per heavy atom. The van der Waals surface area contributed by atoms with Crippen molar-refractivity contribution in [1.82, 2.24) is 0 Å². The van der Waals surface area contributed by atoms with Crippen LogP contribution < -0.4 is 4.89 Å². The SMILES string of the molecule is CC/C=C\C/C=C\CC1OC1C/C=C\C/C=C\CCCC(=O)OC(CO/C=C\CCCCCCCCCCCCCCCC)COP(=O)([O-])OCC[N+](C)(C)C. The van der Waals surface area contributed by atoms with E-state index in [1.165, 1.54) is 83.5 Å². The predicted octanol–water partition coefficient (Wildman–Crippen LogP) is 11.6. The summed E-state index contributed by atoms with van der Waals surface area (Å²) in [6, 6.07) is 0. The number of quaternary nitrogens is 1. The minimum absolute atomic E-state index is 0.00136. The van der Waals surface area contributed by atoms with Crippen LogP contribution >= 0.6 is 7.82 Å². The smallest absolute Gasteiger partial charge is 0.306 e. The maximum Gasteiger partial charge on any atom is 0.306 e. The zero-order valence-corrected chi connectivity index (χ0v) is 37.2. The molecule has 0 bridgehead atoms. The number of carbonyl (C=O) groups excluding carboxylic acids is 1. The minimum Gasteiger partial charge on any atom is -0.756 e. The summed E-state index contributed by atoms with van der Waals surface area (Å²) in [5.41, 5.74) is 0. The van der Waals surface area contributed by atoms with Gasteiger partial charge in [-0.25, -0.2) is 0 Å². The third-order valence-corrected chi connectivity index (χ3v) is 10.5. The number of allylic oxidation sites excluding steroid dienone is 7. The number of carbonyl (C=O) groups is 1. The number of unbranched alkanes of at least 4 members (excludes halogenated alkanes) is 15. The van der Waals surface area contributed by atoms with Crippen LogP contribution in [0.2, 0.25) is 0 Å². The maximum atomic E-state index is 12.7. The van der Waals surface area contributed by atoms with Crippen LogP contribution in [0.3, 0.4) is 0 Å². The monoisotopic (exact) mass is 808 g/mol. The number of rotatable bonds is 39. The average Bonchev–Trinajstić information content (AvgIpc) is 3.91. The lowest BCUT2D eigenvalue weighted by Gasteiger charge is -2.28. The van der Waals surface area contributed by atoms with E-state index in [2.05, 4.69) is 62.5 Å². The Balaban J connectivity index is 2.29. The topological polar surface area (TPSA) is 107 Å². The molecule has 1 heterocycles. The van der Waals surface area contributed by atoms with Gasteiger partial charge in [-0.1, -0.05) is 146 Å². The Bertz CT molecular complexity index is 1140. The van der Waals surface area contributed by atoms with E-state index in [9.17, 15) is 14.3 Å². The first-order valence-corrected chi connectivity index (χ1v) is 23.6. The van der Waals surface area contributed by atoms with Crippen LogP contribution in [0.25, 0.3) is 0 Å². The van der Waals surface area contributed by atoms with Gasteiger partial charge in [0.15, 0.2) is 6.10 Å². The van der Waals surface area contributed by atoms with Gasteiger partial charge in [0.1, 0.15) is 19.8 Å². The molecule has 56 heavy (non-hydrogen) atoms. The van der Waals surface area contributed by atoms with Crippen molar-refractivity contribution in [3.63, 3.8) is 0 Å². The van der Waals surface area contributed by atoms with E-state index in [-0.39, 0.29) is 26.2 Å². The van der Waals surface area contributed by atoms with E-state index in [1.54, 1.807) is 6.26 Å². The van der Waals surface area contributed by atoms with Crippen LogP contribution in [0.15, 0.2) is 60.9 Å². The van der Waals surface area contributed by atoms with Crippen LogP contribution in [0.1, 0.15) is 162 Å². The van der Waals surface area contributed by atoms with Gasteiger partial charge >= 0.3 is 5.97 Å². The zero-order chi connectivity index (χ0) is 41.0. The summed E-state index contributed by atoms with van der Waals surface area (Å²) in [5, 5.41) is 0. The lowest BCUT2D eigenvalue weighted by molar-refractivity contribution is -0.870. The van der Waals surface area contributed by atoms with Crippen LogP contribution in [0, 0.1) is 0 Å². The molecular weight excluding hydrogens is 725 g/mol.